The molecule has 7 nitrogen and oxygen atoms in total. The number of carbonyl (C=O) groups excluding carboxylic acids is 2. The third kappa shape index (κ3) is 3.57. The summed E-state index contributed by atoms with van der Waals surface area (Å²) in [5, 5.41) is 12.2. The third-order valence-electron chi connectivity index (χ3n) is 5.97. The summed E-state index contributed by atoms with van der Waals surface area (Å²) in [6, 6.07) is 17.8. The highest BCUT2D eigenvalue weighted by molar-refractivity contribution is 9.10. The zero-order chi connectivity index (χ0) is 24.3. The largest absolute Gasteiger partial charge is 0.503 e. The van der Waals surface area contributed by atoms with E-state index < -0.39 is 23.5 Å². The molecule has 1 unspecified atom stereocenters. The van der Waals surface area contributed by atoms with E-state index in [4.69, 9.17) is 25.5 Å². The molecule has 35 heavy (non-hydrogen) atoms. The number of benzene rings is 3. The first-order valence-electron chi connectivity index (χ1n) is 10.6. The molecule has 174 valence electrons. The molecule has 0 radical (unpaired) electrons. The number of anilines is 1. The first-order valence-corrected chi connectivity index (χ1v) is 11.7. The van der Waals surface area contributed by atoms with Gasteiger partial charge in [0, 0.05) is 26.6 Å². The van der Waals surface area contributed by atoms with Crippen molar-refractivity contribution in [2.24, 2.45) is 0 Å². The van der Waals surface area contributed by atoms with Crippen molar-refractivity contribution in [3.63, 3.8) is 0 Å². The molecule has 4 aromatic rings. The number of hydrogen-bond donors (Lipinski definition) is 1. The van der Waals surface area contributed by atoms with E-state index in [1.54, 1.807) is 60.7 Å². The predicted molar refractivity (Wildman–Crippen MR) is 132 cm³/mol. The van der Waals surface area contributed by atoms with Crippen molar-refractivity contribution in [3.05, 3.63) is 98.9 Å². The van der Waals surface area contributed by atoms with Gasteiger partial charge in [-0.1, -0.05) is 39.7 Å². The van der Waals surface area contributed by atoms with Crippen molar-refractivity contribution in [2.45, 2.75) is 6.04 Å². The molecule has 0 saturated heterocycles. The molecule has 1 N–H and O–H groups in total. The Morgan fingerprint density at radius 1 is 1.00 bits per heavy atom. The van der Waals surface area contributed by atoms with Crippen LogP contribution in [0.4, 0.5) is 5.69 Å². The highest BCUT2D eigenvalue weighted by Crippen LogP contribution is 2.45. The summed E-state index contributed by atoms with van der Waals surface area (Å²) in [5.74, 6) is -0.928. The Labute approximate surface area is 212 Å². The number of Topliss-reactive ketones (excluding diaryl/α,β-unsaturated/α-hetero) is 1. The minimum atomic E-state index is -0.924. The van der Waals surface area contributed by atoms with E-state index in [0.717, 1.165) is 4.47 Å². The summed E-state index contributed by atoms with van der Waals surface area (Å²) in [6.07, 6.45) is 0. The molecule has 0 bridgehead atoms. The minimum Gasteiger partial charge on any atom is -0.503 e. The third-order valence-corrected chi connectivity index (χ3v) is 6.72. The van der Waals surface area contributed by atoms with Gasteiger partial charge in [-0.3, -0.25) is 14.5 Å². The standard InChI is InChI=1S/C26H15BrClNO6/c27-15-3-7-18-14(9-15)10-21(35-18)24(30)22-23(13-1-4-16(28)5-2-13)29(26(32)25(22)31)17-6-8-19-20(11-17)34-12-33-19/h1-11,23,31H,12H2. The van der Waals surface area contributed by atoms with Crippen LogP contribution < -0.4 is 14.4 Å². The normalized spacial score (nSPS) is 17.0. The summed E-state index contributed by atoms with van der Waals surface area (Å²) in [5.41, 5.74) is 1.44. The molecule has 2 aliphatic heterocycles. The fraction of sp³-hybridized carbons (Fsp3) is 0.0769. The van der Waals surface area contributed by atoms with Crippen LogP contribution in [0.5, 0.6) is 11.5 Å². The first kappa shape index (κ1) is 21.8. The Morgan fingerprint density at radius 2 is 1.77 bits per heavy atom. The van der Waals surface area contributed by atoms with Crippen LogP contribution in [-0.2, 0) is 4.79 Å². The molecule has 1 aromatic heterocycles. The highest BCUT2D eigenvalue weighted by Gasteiger charge is 2.45. The van der Waals surface area contributed by atoms with Crippen LogP contribution >= 0.6 is 27.5 Å². The molecule has 1 atom stereocenters. The van der Waals surface area contributed by atoms with Gasteiger partial charge in [0.05, 0.1) is 11.6 Å². The van der Waals surface area contributed by atoms with Crippen LogP contribution in [-0.4, -0.2) is 23.6 Å². The van der Waals surface area contributed by atoms with Gasteiger partial charge in [0.2, 0.25) is 12.6 Å². The molecule has 0 fully saturated rings. The van der Waals surface area contributed by atoms with Gasteiger partial charge in [-0.15, -0.1) is 0 Å². The van der Waals surface area contributed by atoms with Crippen molar-refractivity contribution in [1.82, 2.24) is 0 Å². The lowest BCUT2D eigenvalue weighted by Crippen LogP contribution is -2.31. The number of ether oxygens (including phenoxy) is 2. The van der Waals surface area contributed by atoms with Crippen LogP contribution in [0, 0.1) is 0 Å². The molecule has 2 aliphatic rings. The number of aliphatic hydroxyl groups is 1. The van der Waals surface area contributed by atoms with Crippen molar-refractivity contribution >= 4 is 55.9 Å². The number of rotatable bonds is 4. The average molecular weight is 553 g/mol. The van der Waals surface area contributed by atoms with E-state index in [0.29, 0.717) is 38.7 Å². The zero-order valence-corrected chi connectivity index (χ0v) is 20.2. The number of furan rings is 1. The van der Waals surface area contributed by atoms with Crippen LogP contribution in [0.15, 0.2) is 87.0 Å². The molecule has 0 saturated carbocycles. The topological polar surface area (TPSA) is 89.2 Å². The molecular formula is C26H15BrClNO6. The molecular weight excluding hydrogens is 538 g/mol. The van der Waals surface area contributed by atoms with Crippen LogP contribution in [0.2, 0.25) is 5.02 Å². The summed E-state index contributed by atoms with van der Waals surface area (Å²) in [7, 11) is 0. The maximum absolute atomic E-state index is 13.7. The van der Waals surface area contributed by atoms with E-state index in [1.807, 2.05) is 6.07 Å². The number of amides is 1. The maximum Gasteiger partial charge on any atom is 0.294 e. The molecule has 6 rings (SSSR count). The molecule has 0 spiro atoms. The van der Waals surface area contributed by atoms with Crippen molar-refractivity contribution < 1.29 is 28.6 Å². The summed E-state index contributed by atoms with van der Waals surface area (Å²) >= 11 is 9.49. The number of halogens is 2. The van der Waals surface area contributed by atoms with Crippen molar-refractivity contribution in [1.29, 1.82) is 0 Å². The van der Waals surface area contributed by atoms with Gasteiger partial charge in [0.1, 0.15) is 5.58 Å². The lowest BCUT2D eigenvalue weighted by Gasteiger charge is -2.27. The Balaban J connectivity index is 1.49. The number of hydrogen-bond acceptors (Lipinski definition) is 6. The zero-order valence-electron chi connectivity index (χ0n) is 17.8. The smallest absolute Gasteiger partial charge is 0.294 e. The summed E-state index contributed by atoms with van der Waals surface area (Å²) < 4.78 is 17.4. The van der Waals surface area contributed by atoms with Crippen LogP contribution in [0.1, 0.15) is 22.2 Å². The van der Waals surface area contributed by atoms with Crippen molar-refractivity contribution in [3.8, 4) is 11.5 Å². The number of fused-ring (bicyclic) bond motifs is 2. The Kier molecular flexibility index (Phi) is 5.09. The second kappa shape index (κ2) is 8.18. The van der Waals surface area contributed by atoms with Gasteiger partial charge in [-0.05, 0) is 54.1 Å². The molecule has 0 aliphatic carbocycles. The fourth-order valence-electron chi connectivity index (χ4n) is 4.36. The average Bonchev–Trinajstić information content (AvgIpc) is 3.55. The van der Waals surface area contributed by atoms with Crippen LogP contribution in [0.25, 0.3) is 11.0 Å². The number of aliphatic hydroxyl groups excluding tert-OH is 1. The Bertz CT molecular complexity index is 1560. The SMILES string of the molecule is O=C(C1=C(O)C(=O)N(c2ccc3c(c2)OCO3)C1c1ccc(Cl)cc1)c1cc2cc(Br)ccc2o1. The van der Waals surface area contributed by atoms with Crippen LogP contribution in [0.3, 0.4) is 0 Å². The lowest BCUT2D eigenvalue weighted by molar-refractivity contribution is -0.117. The van der Waals surface area contributed by atoms with E-state index >= 15 is 0 Å². The Morgan fingerprint density at radius 3 is 2.57 bits per heavy atom. The molecule has 9 heteroatoms. The minimum absolute atomic E-state index is 0.0129. The molecule has 3 aromatic carbocycles. The van der Waals surface area contributed by atoms with E-state index in [-0.39, 0.29) is 18.1 Å². The van der Waals surface area contributed by atoms with Gasteiger partial charge in [-0.25, -0.2) is 0 Å². The second-order valence-electron chi connectivity index (χ2n) is 8.05. The van der Waals surface area contributed by atoms with Gasteiger partial charge >= 0.3 is 0 Å². The summed E-state index contributed by atoms with van der Waals surface area (Å²) in [4.78, 5) is 28.4. The molecule has 1 amide bonds. The van der Waals surface area contributed by atoms with Crippen molar-refractivity contribution in [2.75, 3.05) is 11.7 Å². The fourth-order valence-corrected chi connectivity index (χ4v) is 4.86. The predicted octanol–water partition coefficient (Wildman–Crippen LogP) is 6.36. The number of carbonyl (C=O) groups is 2. The quantitative estimate of drug-likeness (QED) is 0.296. The van der Waals surface area contributed by atoms with E-state index in [1.165, 1.54) is 4.90 Å². The monoisotopic (exact) mass is 551 g/mol. The number of ketones is 1. The van der Waals surface area contributed by atoms with Gasteiger partial charge in [0.15, 0.2) is 23.0 Å². The van der Waals surface area contributed by atoms with E-state index in [2.05, 4.69) is 15.9 Å². The number of nitrogens with zero attached hydrogens (tertiary/aromatic N) is 1. The summed E-state index contributed by atoms with van der Waals surface area (Å²) in [6.45, 7) is 0.0722. The first-order chi connectivity index (χ1) is 16.9. The van der Waals surface area contributed by atoms with Gasteiger partial charge in [-0.2, -0.15) is 0 Å². The Hall–Kier alpha value is -3.75. The maximum atomic E-state index is 13.7. The molecule has 3 heterocycles. The lowest BCUT2D eigenvalue weighted by atomic mass is 9.94. The van der Waals surface area contributed by atoms with Gasteiger partial charge in [0.25, 0.3) is 5.91 Å². The highest BCUT2D eigenvalue weighted by atomic mass is 79.9. The van der Waals surface area contributed by atoms with Gasteiger partial charge < -0.3 is 19.0 Å². The second-order valence-corrected chi connectivity index (χ2v) is 9.40. The van der Waals surface area contributed by atoms with E-state index in [9.17, 15) is 14.7 Å².